The van der Waals surface area contributed by atoms with Crippen molar-refractivity contribution in [2.75, 3.05) is 0 Å². The Kier molecular flexibility index (Phi) is 2.28. The van der Waals surface area contributed by atoms with E-state index in [-0.39, 0.29) is 11.6 Å². The Bertz CT molecular complexity index is 333. The molecule has 0 spiro atoms. The maximum atomic E-state index is 10.1. The van der Waals surface area contributed by atoms with Gasteiger partial charge in [0.15, 0.2) is 5.76 Å². The summed E-state index contributed by atoms with van der Waals surface area (Å²) in [4.78, 5) is 11.8. The van der Waals surface area contributed by atoms with Crippen molar-refractivity contribution in [1.29, 1.82) is 0 Å². The molecule has 0 saturated carbocycles. The molecule has 0 aliphatic carbocycles. The Labute approximate surface area is 70.5 Å². The van der Waals surface area contributed by atoms with Gasteiger partial charge in [-0.1, -0.05) is 0 Å². The maximum Gasteiger partial charge on any atom is 0.434 e. The monoisotopic (exact) mass is 215 g/mol. The van der Waals surface area contributed by atoms with E-state index in [0.717, 1.165) is 0 Å². The molecule has 0 aromatic carbocycles. The van der Waals surface area contributed by atoms with Gasteiger partial charge < -0.3 is 4.42 Å². The molecule has 1 heterocycles. The number of halogens is 1. The van der Waals surface area contributed by atoms with Crippen LogP contribution in [0.2, 0.25) is 0 Å². The molecule has 0 amide bonds. The quantitative estimate of drug-likeness (QED) is 0.409. The fourth-order valence-electron chi connectivity index (χ4n) is 0.540. The third-order valence-electron chi connectivity index (χ3n) is 0.942. The average Bonchev–Trinajstić information content (AvgIpc) is 2.37. The van der Waals surface area contributed by atoms with Crippen LogP contribution in [0.5, 0.6) is 0 Å². The second-order valence-corrected chi connectivity index (χ2v) is 2.01. The van der Waals surface area contributed by atoms with Crippen molar-refractivity contribution < 1.29 is 9.34 Å². The summed E-state index contributed by atoms with van der Waals surface area (Å²) in [6.45, 7) is 0. The van der Waals surface area contributed by atoms with Crippen LogP contribution in [0.3, 0.4) is 0 Å². The standard InChI is InChI=1S/C6H2BrNO3/c7-4-3-5-1-2-6(11-5)8(9)10/h1-2H. The molecular formula is C6H2BrNO3. The molecule has 1 rings (SSSR count). The third kappa shape index (κ3) is 1.82. The van der Waals surface area contributed by atoms with Gasteiger partial charge in [-0.05, 0) is 10.8 Å². The van der Waals surface area contributed by atoms with Gasteiger partial charge in [0, 0.05) is 22.0 Å². The van der Waals surface area contributed by atoms with E-state index in [1.165, 1.54) is 12.1 Å². The van der Waals surface area contributed by atoms with Crippen LogP contribution >= 0.6 is 15.9 Å². The van der Waals surface area contributed by atoms with Gasteiger partial charge >= 0.3 is 5.88 Å². The lowest BCUT2D eigenvalue weighted by molar-refractivity contribution is -0.402. The Balaban J connectivity index is 2.96. The van der Waals surface area contributed by atoms with Gasteiger partial charge in [0.1, 0.15) is 4.92 Å². The van der Waals surface area contributed by atoms with E-state index in [4.69, 9.17) is 0 Å². The van der Waals surface area contributed by atoms with E-state index in [1.807, 2.05) is 0 Å². The van der Waals surface area contributed by atoms with Gasteiger partial charge in [0.25, 0.3) is 0 Å². The molecule has 0 radical (unpaired) electrons. The number of hydrogen-bond acceptors (Lipinski definition) is 3. The molecular weight excluding hydrogens is 214 g/mol. The topological polar surface area (TPSA) is 56.3 Å². The number of furan rings is 1. The summed E-state index contributed by atoms with van der Waals surface area (Å²) in [6, 6.07) is 2.69. The molecule has 0 atom stereocenters. The third-order valence-corrected chi connectivity index (χ3v) is 1.14. The smallest absolute Gasteiger partial charge is 0.392 e. The van der Waals surface area contributed by atoms with E-state index < -0.39 is 4.92 Å². The van der Waals surface area contributed by atoms with Crippen LogP contribution in [-0.4, -0.2) is 4.92 Å². The molecule has 11 heavy (non-hydrogen) atoms. The SMILES string of the molecule is O=[N+]([O-])c1ccc(C#CBr)o1. The number of hydrogen-bond donors (Lipinski definition) is 0. The van der Waals surface area contributed by atoms with Crippen molar-refractivity contribution in [3.63, 3.8) is 0 Å². The predicted molar refractivity (Wildman–Crippen MR) is 41.2 cm³/mol. The van der Waals surface area contributed by atoms with Crippen LogP contribution in [0.25, 0.3) is 0 Å². The van der Waals surface area contributed by atoms with Crippen molar-refractivity contribution in [1.82, 2.24) is 0 Å². The van der Waals surface area contributed by atoms with Crippen LogP contribution < -0.4 is 0 Å². The zero-order valence-corrected chi connectivity index (χ0v) is 6.79. The minimum Gasteiger partial charge on any atom is -0.392 e. The molecule has 0 aliphatic rings. The summed E-state index contributed by atoms with van der Waals surface area (Å²) in [6.07, 6.45) is 0. The van der Waals surface area contributed by atoms with Gasteiger partial charge in [-0.3, -0.25) is 10.1 Å². The molecule has 1 aromatic rings. The summed E-state index contributed by atoms with van der Waals surface area (Å²) in [5.41, 5.74) is 0. The van der Waals surface area contributed by atoms with E-state index in [0.29, 0.717) is 0 Å². The van der Waals surface area contributed by atoms with Crippen molar-refractivity contribution in [2.45, 2.75) is 0 Å². The van der Waals surface area contributed by atoms with Crippen molar-refractivity contribution in [3.8, 4) is 10.8 Å². The van der Waals surface area contributed by atoms with E-state index in [1.54, 1.807) is 0 Å². The highest BCUT2D eigenvalue weighted by molar-refractivity contribution is 9.12. The highest BCUT2D eigenvalue weighted by atomic mass is 79.9. The maximum absolute atomic E-state index is 10.1. The van der Waals surface area contributed by atoms with E-state index in [2.05, 4.69) is 31.1 Å². The van der Waals surface area contributed by atoms with Gasteiger partial charge in [-0.25, -0.2) is 0 Å². The predicted octanol–water partition coefficient (Wildman–Crippen LogP) is 1.89. The van der Waals surface area contributed by atoms with Crippen molar-refractivity contribution in [2.24, 2.45) is 0 Å². The highest BCUT2D eigenvalue weighted by Crippen LogP contribution is 2.14. The van der Waals surface area contributed by atoms with Gasteiger partial charge in [0.05, 0.1) is 6.07 Å². The zero-order chi connectivity index (χ0) is 8.27. The zero-order valence-electron chi connectivity index (χ0n) is 5.20. The van der Waals surface area contributed by atoms with Crippen LogP contribution in [0, 0.1) is 20.9 Å². The fraction of sp³-hybridized carbons (Fsp3) is 0. The molecule has 4 nitrogen and oxygen atoms in total. The molecule has 0 unspecified atom stereocenters. The summed E-state index contributed by atoms with van der Waals surface area (Å²) in [5.74, 6) is 2.45. The van der Waals surface area contributed by atoms with Crippen LogP contribution in [0.1, 0.15) is 5.76 Å². The van der Waals surface area contributed by atoms with Gasteiger partial charge in [-0.15, -0.1) is 0 Å². The molecule has 1 aromatic heterocycles. The Morgan fingerprint density at radius 1 is 1.64 bits per heavy atom. The summed E-state index contributed by atoms with van der Waals surface area (Å²) in [5, 5.41) is 10.1. The lowest BCUT2D eigenvalue weighted by atomic mass is 10.5. The largest absolute Gasteiger partial charge is 0.434 e. The summed E-state index contributed by atoms with van der Waals surface area (Å²) >= 11 is 2.84. The minimum absolute atomic E-state index is 0.272. The van der Waals surface area contributed by atoms with Crippen molar-refractivity contribution in [3.05, 3.63) is 28.0 Å². The van der Waals surface area contributed by atoms with E-state index in [9.17, 15) is 10.1 Å². The number of nitrogens with zero attached hydrogens (tertiary/aromatic N) is 1. The second kappa shape index (κ2) is 3.21. The first-order valence-electron chi connectivity index (χ1n) is 2.60. The first kappa shape index (κ1) is 7.82. The molecule has 0 saturated heterocycles. The van der Waals surface area contributed by atoms with Crippen LogP contribution in [0.15, 0.2) is 16.5 Å². The highest BCUT2D eigenvalue weighted by Gasteiger charge is 2.09. The Hall–Kier alpha value is -1.28. The first-order chi connectivity index (χ1) is 5.24. The second-order valence-electron chi connectivity index (χ2n) is 1.61. The average molecular weight is 216 g/mol. The molecule has 5 heteroatoms. The number of rotatable bonds is 1. The molecule has 0 fully saturated rings. The normalized spacial score (nSPS) is 8.45. The molecule has 0 N–H and O–H groups in total. The molecule has 56 valence electrons. The lowest BCUT2D eigenvalue weighted by Crippen LogP contribution is -1.82. The van der Waals surface area contributed by atoms with Crippen LogP contribution in [-0.2, 0) is 0 Å². The molecule has 0 bridgehead atoms. The lowest BCUT2D eigenvalue weighted by Gasteiger charge is -1.79. The minimum atomic E-state index is -0.612. The van der Waals surface area contributed by atoms with Crippen molar-refractivity contribution >= 4 is 21.8 Å². The Morgan fingerprint density at radius 3 is 2.82 bits per heavy atom. The Morgan fingerprint density at radius 2 is 2.36 bits per heavy atom. The summed E-state index contributed by atoms with van der Waals surface area (Å²) in [7, 11) is 0. The number of nitro groups is 1. The van der Waals surface area contributed by atoms with E-state index >= 15 is 0 Å². The summed E-state index contributed by atoms with van der Waals surface area (Å²) < 4.78 is 4.68. The first-order valence-corrected chi connectivity index (χ1v) is 3.39. The van der Waals surface area contributed by atoms with Gasteiger partial charge in [-0.2, -0.15) is 0 Å². The van der Waals surface area contributed by atoms with Crippen LogP contribution in [0.4, 0.5) is 5.88 Å². The molecule has 0 aliphatic heterocycles. The fourth-order valence-corrected chi connectivity index (χ4v) is 0.735. The van der Waals surface area contributed by atoms with Gasteiger partial charge in [0.2, 0.25) is 0 Å².